The van der Waals surface area contributed by atoms with Crippen LogP contribution in [0.25, 0.3) is 6.08 Å². The number of para-hydroxylation sites is 1. The van der Waals surface area contributed by atoms with Crippen LogP contribution in [-0.4, -0.2) is 35.9 Å². The van der Waals surface area contributed by atoms with Gasteiger partial charge in [-0.05, 0) is 49.2 Å². The predicted molar refractivity (Wildman–Crippen MR) is 141 cm³/mol. The van der Waals surface area contributed by atoms with Gasteiger partial charge in [0.05, 0.1) is 11.6 Å². The molecule has 1 aromatic heterocycles. The van der Waals surface area contributed by atoms with Crippen molar-refractivity contribution in [2.24, 2.45) is 0 Å². The van der Waals surface area contributed by atoms with Gasteiger partial charge in [-0.25, -0.2) is 0 Å². The van der Waals surface area contributed by atoms with Crippen molar-refractivity contribution in [3.8, 4) is 23.3 Å². The van der Waals surface area contributed by atoms with Gasteiger partial charge >= 0.3 is 0 Å². The Morgan fingerprint density at radius 1 is 1.17 bits per heavy atom. The zero-order valence-electron chi connectivity index (χ0n) is 20.5. The van der Waals surface area contributed by atoms with Crippen molar-refractivity contribution in [3.05, 3.63) is 63.1 Å². The van der Waals surface area contributed by atoms with Crippen molar-refractivity contribution in [3.63, 3.8) is 0 Å². The summed E-state index contributed by atoms with van der Waals surface area (Å²) < 4.78 is 17.3. The van der Waals surface area contributed by atoms with Crippen LogP contribution < -0.4 is 19.5 Å². The van der Waals surface area contributed by atoms with Gasteiger partial charge in [0.1, 0.15) is 35.6 Å². The van der Waals surface area contributed by atoms with Crippen LogP contribution in [0.5, 0.6) is 17.2 Å². The molecule has 36 heavy (non-hydrogen) atoms. The van der Waals surface area contributed by atoms with Gasteiger partial charge in [-0.15, -0.1) is 10.2 Å². The number of nitrogens with one attached hydrogen (secondary N) is 1. The van der Waals surface area contributed by atoms with Crippen LogP contribution in [-0.2, 0) is 4.79 Å². The number of carbonyl (C=O) groups excluding carboxylic acids is 1. The van der Waals surface area contributed by atoms with E-state index in [1.54, 1.807) is 12.1 Å². The number of hydrogen-bond donors (Lipinski definition) is 1. The Morgan fingerprint density at radius 3 is 2.58 bits per heavy atom. The van der Waals surface area contributed by atoms with E-state index in [2.05, 4.69) is 15.5 Å². The average molecular weight is 527 g/mol. The number of amides is 1. The number of carbonyl (C=O) groups is 1. The van der Waals surface area contributed by atoms with E-state index >= 15 is 0 Å². The molecular weight excluding hydrogens is 500 g/mol. The van der Waals surface area contributed by atoms with Gasteiger partial charge in [-0.3, -0.25) is 10.1 Å². The predicted octanol–water partition coefficient (Wildman–Crippen LogP) is 6.03. The summed E-state index contributed by atoms with van der Waals surface area (Å²) in [5.41, 5.74) is 1.43. The van der Waals surface area contributed by atoms with Crippen LogP contribution in [0.15, 0.2) is 42.0 Å². The van der Waals surface area contributed by atoms with E-state index in [1.807, 2.05) is 58.0 Å². The highest BCUT2D eigenvalue weighted by atomic mass is 35.5. The largest absolute Gasteiger partial charge is 0.490 e. The van der Waals surface area contributed by atoms with E-state index in [0.29, 0.717) is 35.4 Å². The summed E-state index contributed by atoms with van der Waals surface area (Å²) >= 11 is 7.75. The summed E-state index contributed by atoms with van der Waals surface area (Å²) in [6.45, 7) is 8.71. The first-order chi connectivity index (χ1) is 17.3. The maximum Gasteiger partial charge on any atom is 0.268 e. The normalized spacial score (nSPS) is 11.2. The fraction of sp³-hybridized carbons (Fsp3) is 0.308. The van der Waals surface area contributed by atoms with Gasteiger partial charge in [0.25, 0.3) is 5.91 Å². The average Bonchev–Trinajstić information content (AvgIpc) is 3.31. The molecule has 0 saturated heterocycles. The molecule has 10 heteroatoms. The number of hydrogen-bond acceptors (Lipinski definition) is 8. The number of aryl methyl sites for hydroxylation is 1. The smallest absolute Gasteiger partial charge is 0.268 e. The summed E-state index contributed by atoms with van der Waals surface area (Å²) in [5, 5.41) is 21.6. The Labute approximate surface area is 219 Å². The lowest BCUT2D eigenvalue weighted by molar-refractivity contribution is -0.112. The number of ether oxygens (including phenoxy) is 3. The molecule has 188 valence electrons. The second-order valence-corrected chi connectivity index (χ2v) is 9.37. The molecular formula is C26H27ClN4O4S. The molecule has 0 aliphatic carbocycles. The Hall–Kier alpha value is -3.61. The number of aromatic nitrogens is 2. The first kappa shape index (κ1) is 27.0. The lowest BCUT2D eigenvalue weighted by Crippen LogP contribution is -2.13. The molecule has 0 atom stereocenters. The van der Waals surface area contributed by atoms with Gasteiger partial charge < -0.3 is 14.2 Å². The van der Waals surface area contributed by atoms with Crippen molar-refractivity contribution in [1.82, 2.24) is 10.2 Å². The van der Waals surface area contributed by atoms with E-state index < -0.39 is 5.91 Å². The van der Waals surface area contributed by atoms with E-state index in [9.17, 15) is 10.1 Å². The minimum Gasteiger partial charge on any atom is -0.490 e. The molecule has 2 aromatic carbocycles. The summed E-state index contributed by atoms with van der Waals surface area (Å²) in [5.74, 6) is 1.14. The number of rotatable bonds is 11. The highest BCUT2D eigenvalue weighted by Gasteiger charge is 2.16. The molecule has 0 spiro atoms. The monoisotopic (exact) mass is 526 g/mol. The lowest BCUT2D eigenvalue weighted by Gasteiger charge is -2.15. The van der Waals surface area contributed by atoms with Gasteiger partial charge in [0, 0.05) is 5.92 Å². The fourth-order valence-electron chi connectivity index (χ4n) is 3.09. The first-order valence-corrected chi connectivity index (χ1v) is 12.6. The number of anilines is 1. The Bertz CT molecular complexity index is 1280. The highest BCUT2D eigenvalue weighted by Crippen LogP contribution is 2.37. The molecule has 1 heterocycles. The summed E-state index contributed by atoms with van der Waals surface area (Å²) in [7, 11) is 0. The quantitative estimate of drug-likeness (QED) is 0.185. The van der Waals surface area contributed by atoms with Gasteiger partial charge in [-0.1, -0.05) is 55.0 Å². The second-order valence-electron chi connectivity index (χ2n) is 7.95. The van der Waals surface area contributed by atoms with Gasteiger partial charge in [0.2, 0.25) is 5.13 Å². The SMILES string of the molecule is CCOc1cc(/C=C(/C#N)C(=O)Nc2nnc(C(C)C)s2)cc(Cl)c1OCCOc1ccccc1C. The number of nitriles is 1. The van der Waals surface area contributed by atoms with E-state index in [0.717, 1.165) is 16.3 Å². The maximum absolute atomic E-state index is 12.6. The van der Waals surface area contributed by atoms with E-state index in [4.69, 9.17) is 25.8 Å². The van der Waals surface area contributed by atoms with Crippen LogP contribution in [0.4, 0.5) is 5.13 Å². The van der Waals surface area contributed by atoms with Crippen LogP contribution in [0, 0.1) is 18.3 Å². The molecule has 1 amide bonds. The lowest BCUT2D eigenvalue weighted by atomic mass is 10.1. The summed E-state index contributed by atoms with van der Waals surface area (Å²) in [4.78, 5) is 12.6. The third-order valence-electron chi connectivity index (χ3n) is 4.84. The third kappa shape index (κ3) is 7.20. The van der Waals surface area contributed by atoms with E-state index in [1.165, 1.54) is 17.4 Å². The molecule has 0 fully saturated rings. The summed E-state index contributed by atoms with van der Waals surface area (Å²) in [6.07, 6.45) is 1.43. The minimum atomic E-state index is -0.591. The Kier molecular flexibility index (Phi) is 9.68. The van der Waals surface area contributed by atoms with Gasteiger partial charge in [0.15, 0.2) is 11.5 Å². The third-order valence-corrected chi connectivity index (χ3v) is 6.26. The van der Waals surface area contributed by atoms with Crippen LogP contribution >= 0.6 is 22.9 Å². The van der Waals surface area contributed by atoms with Crippen molar-refractivity contribution in [2.75, 3.05) is 25.1 Å². The Balaban J connectivity index is 1.72. The second kappa shape index (κ2) is 12.9. The first-order valence-electron chi connectivity index (χ1n) is 11.4. The highest BCUT2D eigenvalue weighted by molar-refractivity contribution is 7.15. The zero-order chi connectivity index (χ0) is 26.1. The number of halogens is 1. The molecule has 0 radical (unpaired) electrons. The van der Waals surface area contributed by atoms with Crippen LogP contribution in [0.3, 0.4) is 0 Å². The maximum atomic E-state index is 12.6. The standard InChI is InChI=1S/C26H27ClN4O4S/c1-5-33-22-14-18(12-19(15-28)24(32)29-26-31-30-25(36-26)16(2)3)13-20(27)23(22)35-11-10-34-21-9-7-6-8-17(21)4/h6-9,12-14,16H,5,10-11H2,1-4H3,(H,29,31,32)/b19-12-. The molecule has 0 aliphatic heterocycles. The minimum absolute atomic E-state index is 0.116. The Morgan fingerprint density at radius 2 is 1.92 bits per heavy atom. The number of benzene rings is 2. The topological polar surface area (TPSA) is 106 Å². The van der Waals surface area contributed by atoms with Crippen LogP contribution in [0.2, 0.25) is 5.02 Å². The molecule has 8 nitrogen and oxygen atoms in total. The molecule has 0 saturated carbocycles. The molecule has 1 N–H and O–H groups in total. The van der Waals surface area contributed by atoms with E-state index in [-0.39, 0.29) is 23.1 Å². The molecule has 3 rings (SSSR count). The fourth-order valence-corrected chi connectivity index (χ4v) is 4.10. The van der Waals surface area contributed by atoms with Gasteiger partial charge in [-0.2, -0.15) is 5.26 Å². The van der Waals surface area contributed by atoms with Crippen molar-refractivity contribution in [1.29, 1.82) is 5.26 Å². The summed E-state index contributed by atoms with van der Waals surface area (Å²) in [6, 6.07) is 12.9. The molecule has 0 unspecified atom stereocenters. The number of nitrogens with zero attached hydrogens (tertiary/aromatic N) is 3. The molecule has 3 aromatic rings. The van der Waals surface area contributed by atoms with Crippen molar-refractivity contribution >= 4 is 40.1 Å². The zero-order valence-corrected chi connectivity index (χ0v) is 22.1. The van der Waals surface area contributed by atoms with Crippen LogP contribution in [0.1, 0.15) is 42.8 Å². The molecule has 0 aliphatic rings. The van der Waals surface area contributed by atoms with Crippen molar-refractivity contribution in [2.45, 2.75) is 33.6 Å². The molecule has 0 bridgehead atoms. The van der Waals surface area contributed by atoms with Crippen molar-refractivity contribution < 1.29 is 19.0 Å².